The van der Waals surface area contributed by atoms with E-state index < -0.39 is 6.10 Å². The first-order valence-corrected chi connectivity index (χ1v) is 28.3. The van der Waals surface area contributed by atoms with Crippen LogP contribution in [0.5, 0.6) is 0 Å². The van der Waals surface area contributed by atoms with Crippen molar-refractivity contribution in [2.24, 2.45) is 0 Å². The van der Waals surface area contributed by atoms with Crippen LogP contribution in [0.4, 0.5) is 0 Å². The van der Waals surface area contributed by atoms with E-state index >= 15 is 0 Å². The first kappa shape index (κ1) is 63.1. The molecule has 6 nitrogen and oxygen atoms in total. The summed E-state index contributed by atoms with van der Waals surface area (Å²) < 4.78 is 16.8. The van der Waals surface area contributed by atoms with Crippen molar-refractivity contribution < 1.29 is 28.6 Å². The Balaban J connectivity index is 4.42. The highest BCUT2D eigenvalue weighted by Crippen LogP contribution is 2.15. The summed E-state index contributed by atoms with van der Waals surface area (Å²) in [7, 11) is 0. The molecule has 0 radical (unpaired) electrons. The summed E-state index contributed by atoms with van der Waals surface area (Å²) in [5.41, 5.74) is 0. The maximum Gasteiger partial charge on any atom is 0.306 e. The zero-order valence-corrected chi connectivity index (χ0v) is 43.7. The zero-order valence-electron chi connectivity index (χ0n) is 43.7. The van der Waals surface area contributed by atoms with E-state index in [0.29, 0.717) is 19.3 Å². The Morgan fingerprint density at radius 2 is 0.545 bits per heavy atom. The van der Waals surface area contributed by atoms with Crippen LogP contribution in [-0.4, -0.2) is 37.2 Å². The third-order valence-electron chi connectivity index (χ3n) is 12.2. The minimum absolute atomic E-state index is 0.0866. The molecule has 0 aliphatic carbocycles. The molecule has 0 aromatic heterocycles. The van der Waals surface area contributed by atoms with Crippen LogP contribution in [0.1, 0.15) is 284 Å². The normalized spacial score (nSPS) is 12.5. The predicted molar refractivity (Wildman–Crippen MR) is 284 cm³/mol. The van der Waals surface area contributed by atoms with Gasteiger partial charge >= 0.3 is 17.9 Å². The quantitative estimate of drug-likeness (QED) is 0.0262. The van der Waals surface area contributed by atoms with Crippen LogP contribution in [0.25, 0.3) is 0 Å². The smallest absolute Gasteiger partial charge is 0.306 e. The molecule has 6 heteroatoms. The Morgan fingerprint density at radius 1 is 0.303 bits per heavy atom. The van der Waals surface area contributed by atoms with E-state index in [9.17, 15) is 14.4 Å². The Morgan fingerprint density at radius 3 is 0.909 bits per heavy atom. The van der Waals surface area contributed by atoms with Crippen LogP contribution < -0.4 is 0 Å². The lowest BCUT2D eigenvalue weighted by Gasteiger charge is -2.18. The summed E-state index contributed by atoms with van der Waals surface area (Å²) in [6.07, 6.45) is 67.7. The summed E-state index contributed by atoms with van der Waals surface area (Å²) in [6.45, 7) is 6.59. The van der Waals surface area contributed by atoms with Crippen LogP contribution in [0.2, 0.25) is 0 Å². The first-order valence-electron chi connectivity index (χ1n) is 28.3. The highest BCUT2D eigenvalue weighted by Gasteiger charge is 2.19. The van der Waals surface area contributed by atoms with Gasteiger partial charge in [-0.25, -0.2) is 0 Å². The molecule has 0 aliphatic heterocycles. The molecule has 0 aromatic rings. The van der Waals surface area contributed by atoms with Gasteiger partial charge in [0, 0.05) is 19.3 Å². The van der Waals surface area contributed by atoms with E-state index in [4.69, 9.17) is 14.2 Å². The van der Waals surface area contributed by atoms with Crippen molar-refractivity contribution in [3.05, 3.63) is 60.8 Å². The SMILES string of the molecule is CCCCC/C=C/C/C=C/C/C=C/C/C=C/CCCCCC(=O)OC[C@@H](COC(=O)CCCCCCC/C=C/CCCCCCC)OC(=O)CCCCCCCCCCCCCCCCC. The van der Waals surface area contributed by atoms with Gasteiger partial charge in [0.25, 0.3) is 0 Å². The summed E-state index contributed by atoms with van der Waals surface area (Å²) >= 11 is 0. The lowest BCUT2D eigenvalue weighted by molar-refractivity contribution is -0.167. The Labute approximate surface area is 409 Å². The minimum Gasteiger partial charge on any atom is -0.462 e. The monoisotopic (exact) mass is 923 g/mol. The fourth-order valence-electron chi connectivity index (χ4n) is 7.95. The fraction of sp³-hybridized carbons (Fsp3) is 0.783. The van der Waals surface area contributed by atoms with Gasteiger partial charge in [-0.15, -0.1) is 0 Å². The second-order valence-corrected chi connectivity index (χ2v) is 18.8. The Hall–Kier alpha value is -2.89. The molecule has 0 fully saturated rings. The Kier molecular flexibility index (Phi) is 52.3. The van der Waals surface area contributed by atoms with Gasteiger partial charge in [-0.1, -0.05) is 236 Å². The molecule has 0 rings (SSSR count). The summed E-state index contributed by atoms with van der Waals surface area (Å²) in [5, 5.41) is 0. The van der Waals surface area contributed by atoms with E-state index in [0.717, 1.165) is 89.9 Å². The number of allylic oxidation sites excluding steroid dienone is 10. The molecule has 0 saturated heterocycles. The maximum atomic E-state index is 12.8. The molecule has 66 heavy (non-hydrogen) atoms. The molecule has 0 saturated carbocycles. The molecule has 382 valence electrons. The van der Waals surface area contributed by atoms with Gasteiger partial charge < -0.3 is 14.2 Å². The summed E-state index contributed by atoms with van der Waals surface area (Å²) in [4.78, 5) is 38.1. The third kappa shape index (κ3) is 52.1. The van der Waals surface area contributed by atoms with E-state index in [1.165, 1.54) is 154 Å². The average Bonchev–Trinajstić information content (AvgIpc) is 3.31. The van der Waals surface area contributed by atoms with E-state index in [1.807, 2.05) is 0 Å². The third-order valence-corrected chi connectivity index (χ3v) is 12.2. The molecule has 0 N–H and O–H groups in total. The largest absolute Gasteiger partial charge is 0.462 e. The van der Waals surface area contributed by atoms with E-state index in [2.05, 4.69) is 81.5 Å². The van der Waals surface area contributed by atoms with Crippen molar-refractivity contribution in [1.82, 2.24) is 0 Å². The predicted octanol–water partition coefficient (Wildman–Crippen LogP) is 18.8. The lowest BCUT2D eigenvalue weighted by atomic mass is 10.0. The number of unbranched alkanes of at least 4 members (excludes halogenated alkanes) is 30. The fourth-order valence-corrected chi connectivity index (χ4v) is 7.95. The van der Waals surface area contributed by atoms with Gasteiger partial charge in [0.15, 0.2) is 6.10 Å². The molecule has 0 amide bonds. The van der Waals surface area contributed by atoms with Gasteiger partial charge in [-0.05, 0) is 89.9 Å². The number of carbonyl (C=O) groups excluding carboxylic acids is 3. The van der Waals surface area contributed by atoms with Crippen molar-refractivity contribution >= 4 is 17.9 Å². The standard InChI is InChI=1S/C60H106O6/c1-4-7-10-13-16-19-22-25-28-29-30-31-33-35-38-41-44-47-50-53-59(62)65-56-57(55-64-58(61)52-49-46-43-40-37-34-27-24-21-18-15-12-9-6-3)66-60(63)54-51-48-45-42-39-36-32-26-23-20-17-14-11-8-5-2/h16,19,24-25,27-28,30-31,35,38,57H,4-15,17-18,20-23,26,29,32-34,36-37,39-56H2,1-3H3/b19-16+,27-24+,28-25+,31-30+,38-35+/t57-/m1/s1. The number of rotatable bonds is 51. The van der Waals surface area contributed by atoms with Crippen molar-refractivity contribution in [2.45, 2.75) is 290 Å². The first-order chi connectivity index (χ1) is 32.5. The number of carbonyl (C=O) groups is 3. The lowest BCUT2D eigenvalue weighted by Crippen LogP contribution is -2.30. The molecule has 0 aromatic carbocycles. The van der Waals surface area contributed by atoms with Crippen LogP contribution in [0, 0.1) is 0 Å². The molecule has 0 spiro atoms. The van der Waals surface area contributed by atoms with Crippen molar-refractivity contribution in [2.75, 3.05) is 13.2 Å². The molecule has 0 unspecified atom stereocenters. The number of ether oxygens (including phenoxy) is 3. The van der Waals surface area contributed by atoms with Crippen LogP contribution in [0.15, 0.2) is 60.8 Å². The molecule has 0 aliphatic rings. The Bertz CT molecular complexity index is 1200. The van der Waals surface area contributed by atoms with Crippen molar-refractivity contribution in [3.63, 3.8) is 0 Å². The summed E-state index contributed by atoms with van der Waals surface area (Å²) in [5.74, 6) is -0.915. The number of hydrogen-bond donors (Lipinski definition) is 0. The molecular weight excluding hydrogens is 817 g/mol. The molecular formula is C60H106O6. The molecule has 1 atom stereocenters. The van der Waals surface area contributed by atoms with Gasteiger partial charge in [0.1, 0.15) is 13.2 Å². The van der Waals surface area contributed by atoms with Crippen LogP contribution in [0.3, 0.4) is 0 Å². The van der Waals surface area contributed by atoms with Crippen molar-refractivity contribution in [1.29, 1.82) is 0 Å². The van der Waals surface area contributed by atoms with Gasteiger partial charge in [0.2, 0.25) is 0 Å². The second kappa shape index (κ2) is 54.7. The van der Waals surface area contributed by atoms with Crippen molar-refractivity contribution in [3.8, 4) is 0 Å². The zero-order chi connectivity index (χ0) is 47.9. The van der Waals surface area contributed by atoms with Crippen LogP contribution in [-0.2, 0) is 28.6 Å². The second-order valence-electron chi connectivity index (χ2n) is 18.8. The topological polar surface area (TPSA) is 78.9 Å². The van der Waals surface area contributed by atoms with E-state index in [1.54, 1.807) is 0 Å². The number of esters is 3. The highest BCUT2D eigenvalue weighted by molar-refractivity contribution is 5.71. The van der Waals surface area contributed by atoms with E-state index in [-0.39, 0.29) is 31.1 Å². The molecule has 0 bridgehead atoms. The molecule has 0 heterocycles. The highest BCUT2D eigenvalue weighted by atomic mass is 16.6. The summed E-state index contributed by atoms with van der Waals surface area (Å²) in [6, 6.07) is 0. The average molecular weight is 924 g/mol. The van der Waals surface area contributed by atoms with Gasteiger partial charge in [-0.3, -0.25) is 14.4 Å². The van der Waals surface area contributed by atoms with Gasteiger partial charge in [-0.2, -0.15) is 0 Å². The van der Waals surface area contributed by atoms with Gasteiger partial charge in [0.05, 0.1) is 0 Å². The van der Waals surface area contributed by atoms with Crippen LogP contribution >= 0.6 is 0 Å². The maximum absolute atomic E-state index is 12.8. The number of hydrogen-bond acceptors (Lipinski definition) is 6. The minimum atomic E-state index is -0.788.